The van der Waals surface area contributed by atoms with Crippen molar-refractivity contribution >= 4 is 8.07 Å². The van der Waals surface area contributed by atoms with Crippen LogP contribution >= 0.6 is 0 Å². The number of aliphatic hydroxyl groups excluding tert-OH is 1. The van der Waals surface area contributed by atoms with Crippen molar-refractivity contribution < 1.29 is 5.11 Å². The molecule has 0 aliphatic heterocycles. The molecule has 1 atom stereocenters. The minimum absolute atomic E-state index is 0.479. The maximum absolute atomic E-state index is 9.34. The monoisotopic (exact) mass is 182 g/mol. The van der Waals surface area contributed by atoms with Crippen molar-refractivity contribution in [3.8, 4) is 11.5 Å². The maximum Gasteiger partial charge on any atom is 0.129 e. The number of hydrogen-bond donors (Lipinski definition) is 1. The predicted molar refractivity (Wildman–Crippen MR) is 56.6 cm³/mol. The van der Waals surface area contributed by atoms with Crippen LogP contribution in [0.3, 0.4) is 0 Å². The first kappa shape index (κ1) is 11.5. The smallest absolute Gasteiger partial charge is 0.129 e. The van der Waals surface area contributed by atoms with Crippen LogP contribution in [-0.2, 0) is 0 Å². The first-order chi connectivity index (χ1) is 5.45. The average molecular weight is 182 g/mol. The Morgan fingerprint density at radius 1 is 1.42 bits per heavy atom. The van der Waals surface area contributed by atoms with Gasteiger partial charge in [0.15, 0.2) is 0 Å². The number of rotatable bonds is 2. The third kappa shape index (κ3) is 7.58. The molecule has 0 fully saturated rings. The summed E-state index contributed by atoms with van der Waals surface area (Å²) in [5.41, 5.74) is 3.14. The van der Waals surface area contributed by atoms with Crippen molar-refractivity contribution in [2.75, 3.05) is 0 Å². The summed E-state index contributed by atoms with van der Waals surface area (Å²) in [4.78, 5) is 0. The van der Waals surface area contributed by atoms with E-state index in [4.69, 9.17) is 0 Å². The lowest BCUT2D eigenvalue weighted by Crippen LogP contribution is -2.17. The van der Waals surface area contributed by atoms with E-state index in [1.54, 1.807) is 0 Å². The lowest BCUT2D eigenvalue weighted by atomic mass is 10.2. The summed E-state index contributed by atoms with van der Waals surface area (Å²) in [7, 11) is -1.30. The zero-order valence-corrected chi connectivity index (χ0v) is 9.39. The first-order valence-electron chi connectivity index (χ1n) is 4.27. The normalized spacial score (nSPS) is 14.1. The van der Waals surface area contributed by atoms with Crippen LogP contribution in [0, 0.1) is 11.5 Å². The van der Waals surface area contributed by atoms with E-state index >= 15 is 0 Å². The van der Waals surface area contributed by atoms with Crippen LogP contribution in [0.2, 0.25) is 19.6 Å². The molecule has 0 bridgehead atoms. The van der Waals surface area contributed by atoms with Crippen LogP contribution in [0.4, 0.5) is 0 Å². The highest BCUT2D eigenvalue weighted by atomic mass is 28.3. The molecule has 1 N–H and O–H groups in total. The van der Waals surface area contributed by atoms with Crippen LogP contribution in [0.15, 0.2) is 12.2 Å². The van der Waals surface area contributed by atoms with E-state index in [9.17, 15) is 5.11 Å². The molecule has 0 spiro atoms. The van der Waals surface area contributed by atoms with Gasteiger partial charge in [0.25, 0.3) is 0 Å². The van der Waals surface area contributed by atoms with E-state index in [-0.39, 0.29) is 0 Å². The second kappa shape index (κ2) is 5.18. The fourth-order valence-corrected chi connectivity index (χ4v) is 1.22. The Hall–Kier alpha value is -0.523. The maximum atomic E-state index is 9.34. The third-order valence-electron chi connectivity index (χ3n) is 1.21. The molecule has 0 unspecified atom stereocenters. The Labute approximate surface area is 76.5 Å². The van der Waals surface area contributed by atoms with Gasteiger partial charge in [-0.3, -0.25) is 0 Å². The molecule has 12 heavy (non-hydrogen) atoms. The van der Waals surface area contributed by atoms with Crippen molar-refractivity contribution in [2.45, 2.75) is 39.1 Å². The summed E-state index contributed by atoms with van der Waals surface area (Å²) in [6, 6.07) is 0. The Morgan fingerprint density at radius 3 is 2.42 bits per heavy atom. The molecule has 0 amide bonds. The number of allylic oxidation sites excluding steroid dienone is 1. The van der Waals surface area contributed by atoms with E-state index in [0.29, 0.717) is 6.42 Å². The van der Waals surface area contributed by atoms with E-state index in [0.717, 1.165) is 0 Å². The molecule has 0 aromatic carbocycles. The molecule has 0 rings (SSSR count). The summed E-state index contributed by atoms with van der Waals surface area (Å²) in [5, 5.41) is 9.34. The minimum atomic E-state index is -1.30. The summed E-state index contributed by atoms with van der Waals surface area (Å²) in [5.74, 6) is 2.87. The third-order valence-corrected chi connectivity index (χ3v) is 2.10. The van der Waals surface area contributed by atoms with Crippen LogP contribution in [0.5, 0.6) is 0 Å². The number of hydrogen-bond acceptors (Lipinski definition) is 1. The summed E-state index contributed by atoms with van der Waals surface area (Å²) >= 11 is 0. The van der Waals surface area contributed by atoms with E-state index < -0.39 is 14.2 Å². The SMILES string of the molecule is C/C=C/C[C@@H](O)C#C[Si](C)(C)C. The van der Waals surface area contributed by atoms with Gasteiger partial charge in [0, 0.05) is 6.42 Å². The molecular weight excluding hydrogens is 164 g/mol. The Bertz CT molecular complexity index is 202. The van der Waals surface area contributed by atoms with Gasteiger partial charge < -0.3 is 5.11 Å². The molecule has 0 saturated carbocycles. The van der Waals surface area contributed by atoms with Gasteiger partial charge in [-0.05, 0) is 6.92 Å². The topological polar surface area (TPSA) is 20.2 Å². The van der Waals surface area contributed by atoms with E-state index in [1.165, 1.54) is 0 Å². The van der Waals surface area contributed by atoms with E-state index in [1.807, 2.05) is 19.1 Å². The molecule has 0 heterocycles. The number of aliphatic hydroxyl groups is 1. The van der Waals surface area contributed by atoms with Gasteiger partial charge in [-0.25, -0.2) is 0 Å². The Balaban J connectivity index is 3.95. The molecule has 0 aliphatic rings. The van der Waals surface area contributed by atoms with Gasteiger partial charge in [0.05, 0.1) is 0 Å². The van der Waals surface area contributed by atoms with Gasteiger partial charge in [-0.1, -0.05) is 37.7 Å². The second-order valence-electron chi connectivity index (χ2n) is 3.84. The Kier molecular flexibility index (Phi) is 4.95. The largest absolute Gasteiger partial charge is 0.380 e. The van der Waals surface area contributed by atoms with Gasteiger partial charge in [0.1, 0.15) is 14.2 Å². The van der Waals surface area contributed by atoms with Gasteiger partial charge in [-0.2, -0.15) is 0 Å². The lowest BCUT2D eigenvalue weighted by molar-refractivity contribution is 0.236. The van der Waals surface area contributed by atoms with Crippen LogP contribution in [0.1, 0.15) is 13.3 Å². The molecule has 0 radical (unpaired) electrons. The van der Waals surface area contributed by atoms with Crippen LogP contribution in [0.25, 0.3) is 0 Å². The van der Waals surface area contributed by atoms with Crippen molar-refractivity contribution in [1.29, 1.82) is 0 Å². The quantitative estimate of drug-likeness (QED) is 0.394. The predicted octanol–water partition coefficient (Wildman–Crippen LogP) is 2.19. The lowest BCUT2D eigenvalue weighted by Gasteiger charge is -2.04. The van der Waals surface area contributed by atoms with Gasteiger partial charge in [-0.15, -0.1) is 5.54 Å². The zero-order valence-electron chi connectivity index (χ0n) is 8.39. The standard InChI is InChI=1S/C10H18OSi/c1-5-6-7-10(11)8-9-12(2,3)4/h5-6,10-11H,7H2,1-4H3/b6-5+/t10-/m1/s1. The highest BCUT2D eigenvalue weighted by Crippen LogP contribution is 1.98. The molecule has 0 aromatic heterocycles. The second-order valence-corrected chi connectivity index (χ2v) is 8.59. The molecule has 0 saturated heterocycles. The highest BCUT2D eigenvalue weighted by molar-refractivity contribution is 6.83. The van der Waals surface area contributed by atoms with Gasteiger partial charge >= 0.3 is 0 Å². The molecular formula is C10H18OSi. The van der Waals surface area contributed by atoms with Crippen LogP contribution < -0.4 is 0 Å². The summed E-state index contributed by atoms with van der Waals surface area (Å²) in [6.45, 7) is 8.45. The van der Waals surface area contributed by atoms with Crippen molar-refractivity contribution in [3.63, 3.8) is 0 Å². The zero-order chi connectivity index (χ0) is 9.61. The molecule has 0 aromatic rings. The first-order valence-corrected chi connectivity index (χ1v) is 7.77. The molecule has 1 nitrogen and oxygen atoms in total. The molecule has 2 heteroatoms. The Morgan fingerprint density at radius 2 is 2.00 bits per heavy atom. The van der Waals surface area contributed by atoms with Crippen LogP contribution in [-0.4, -0.2) is 19.3 Å². The molecule has 0 aliphatic carbocycles. The van der Waals surface area contributed by atoms with Crippen molar-refractivity contribution in [1.82, 2.24) is 0 Å². The highest BCUT2D eigenvalue weighted by Gasteiger charge is 2.08. The van der Waals surface area contributed by atoms with Crippen molar-refractivity contribution in [3.05, 3.63) is 12.2 Å². The fraction of sp³-hybridized carbons (Fsp3) is 0.600. The summed E-state index contributed by atoms with van der Waals surface area (Å²) in [6.07, 6.45) is 4.03. The summed E-state index contributed by atoms with van der Waals surface area (Å²) < 4.78 is 0. The minimum Gasteiger partial charge on any atom is -0.380 e. The average Bonchev–Trinajstić information content (AvgIpc) is 1.95. The fourth-order valence-electron chi connectivity index (χ4n) is 0.624. The van der Waals surface area contributed by atoms with E-state index in [2.05, 4.69) is 31.1 Å². The van der Waals surface area contributed by atoms with Crippen molar-refractivity contribution in [2.24, 2.45) is 0 Å². The molecule has 68 valence electrons. The van der Waals surface area contributed by atoms with Gasteiger partial charge in [0.2, 0.25) is 0 Å².